The predicted molar refractivity (Wildman–Crippen MR) is 84.5 cm³/mol. The smallest absolute Gasteiger partial charge is 0.220 e. The summed E-state index contributed by atoms with van der Waals surface area (Å²) >= 11 is 0. The Balaban J connectivity index is 2.23. The number of carbonyl (C=O) groups excluding carboxylic acids is 2. The van der Waals surface area contributed by atoms with Crippen molar-refractivity contribution in [3.8, 4) is 5.75 Å². The zero-order valence-corrected chi connectivity index (χ0v) is 13.0. The van der Waals surface area contributed by atoms with Gasteiger partial charge in [0.15, 0.2) is 0 Å². The van der Waals surface area contributed by atoms with Gasteiger partial charge in [-0.05, 0) is 30.5 Å². The van der Waals surface area contributed by atoms with E-state index in [0.29, 0.717) is 18.7 Å². The first kappa shape index (κ1) is 18.9. The Bertz CT molecular complexity index is 490. The molecule has 0 aliphatic rings. The summed E-state index contributed by atoms with van der Waals surface area (Å²) in [4.78, 5) is 22.3. The highest BCUT2D eigenvalue weighted by molar-refractivity contribution is 5.76. The third-order valence-corrected chi connectivity index (χ3v) is 3.20. The Labute approximate surface area is 135 Å². The van der Waals surface area contributed by atoms with Gasteiger partial charge in [-0.3, -0.25) is 9.59 Å². The van der Waals surface area contributed by atoms with E-state index in [-0.39, 0.29) is 38.4 Å². The first-order valence-electron chi connectivity index (χ1n) is 7.57. The van der Waals surface area contributed by atoms with Crippen molar-refractivity contribution >= 4 is 11.8 Å². The topological polar surface area (TPSA) is 122 Å². The molecular weight excluding hydrogens is 300 g/mol. The molecule has 2 amide bonds. The first-order chi connectivity index (χ1) is 11.0. The molecular formula is C16H24N2O5. The van der Waals surface area contributed by atoms with Crippen molar-refractivity contribution in [3.05, 3.63) is 29.8 Å². The molecule has 23 heavy (non-hydrogen) atoms. The Morgan fingerprint density at radius 3 is 2.43 bits per heavy atom. The summed E-state index contributed by atoms with van der Waals surface area (Å²) in [6.07, 6.45) is 0.187. The average molecular weight is 324 g/mol. The Morgan fingerprint density at radius 1 is 1.17 bits per heavy atom. The van der Waals surface area contributed by atoms with Crippen LogP contribution in [-0.2, 0) is 16.1 Å². The maximum atomic E-state index is 11.7. The fourth-order valence-electron chi connectivity index (χ4n) is 1.91. The van der Waals surface area contributed by atoms with Crippen LogP contribution in [0.25, 0.3) is 0 Å². The zero-order chi connectivity index (χ0) is 17.1. The van der Waals surface area contributed by atoms with Crippen LogP contribution in [0.15, 0.2) is 24.3 Å². The number of carbonyl (C=O) groups is 2. The number of nitrogens with two attached hydrogens (primary N) is 1. The molecule has 1 aromatic rings. The standard InChI is InChI=1S/C16H24N2O5/c17-15(21)7-3-13(20)4-8-16(22)18-11-12-1-5-14(6-2-12)23-10-9-19/h1-2,5-6,13,19-20H,3-4,7-11H2,(H2,17,21)(H,18,22). The van der Waals surface area contributed by atoms with Gasteiger partial charge >= 0.3 is 0 Å². The first-order valence-corrected chi connectivity index (χ1v) is 7.57. The molecule has 7 nitrogen and oxygen atoms in total. The number of hydrogen-bond donors (Lipinski definition) is 4. The van der Waals surface area contributed by atoms with Gasteiger partial charge < -0.3 is 26.0 Å². The van der Waals surface area contributed by atoms with Crippen molar-refractivity contribution in [3.63, 3.8) is 0 Å². The highest BCUT2D eigenvalue weighted by Crippen LogP contribution is 2.12. The van der Waals surface area contributed by atoms with Crippen molar-refractivity contribution in [2.75, 3.05) is 13.2 Å². The van der Waals surface area contributed by atoms with E-state index in [1.54, 1.807) is 12.1 Å². The number of benzene rings is 1. The Morgan fingerprint density at radius 2 is 1.83 bits per heavy atom. The van der Waals surface area contributed by atoms with E-state index in [9.17, 15) is 14.7 Å². The van der Waals surface area contributed by atoms with E-state index in [1.807, 2.05) is 12.1 Å². The lowest BCUT2D eigenvalue weighted by atomic mass is 10.1. The molecule has 1 atom stereocenters. The lowest BCUT2D eigenvalue weighted by molar-refractivity contribution is -0.121. The fraction of sp³-hybridized carbons (Fsp3) is 0.500. The van der Waals surface area contributed by atoms with E-state index >= 15 is 0 Å². The van der Waals surface area contributed by atoms with Crippen LogP contribution in [0.5, 0.6) is 5.75 Å². The summed E-state index contributed by atoms with van der Waals surface area (Å²) < 4.78 is 5.24. The minimum Gasteiger partial charge on any atom is -0.491 e. The zero-order valence-electron chi connectivity index (χ0n) is 13.0. The molecule has 0 fully saturated rings. The second kappa shape index (κ2) is 10.6. The summed E-state index contributed by atoms with van der Waals surface area (Å²) in [6.45, 7) is 0.591. The maximum Gasteiger partial charge on any atom is 0.220 e. The molecule has 7 heteroatoms. The minimum atomic E-state index is -0.698. The van der Waals surface area contributed by atoms with E-state index in [2.05, 4.69) is 5.32 Å². The van der Waals surface area contributed by atoms with Gasteiger partial charge in [-0.1, -0.05) is 12.1 Å². The quantitative estimate of drug-likeness (QED) is 0.459. The number of ether oxygens (including phenoxy) is 1. The molecule has 1 aromatic carbocycles. The van der Waals surface area contributed by atoms with Gasteiger partial charge in [-0.15, -0.1) is 0 Å². The van der Waals surface area contributed by atoms with E-state index in [1.165, 1.54) is 0 Å². The molecule has 1 rings (SSSR count). The number of rotatable bonds is 11. The summed E-state index contributed by atoms with van der Waals surface area (Å²) in [5, 5.41) is 21.0. The molecule has 1 unspecified atom stereocenters. The lowest BCUT2D eigenvalue weighted by Crippen LogP contribution is -2.24. The van der Waals surface area contributed by atoms with Gasteiger partial charge in [-0.25, -0.2) is 0 Å². The third kappa shape index (κ3) is 8.80. The summed E-state index contributed by atoms with van der Waals surface area (Å²) in [5.74, 6) is 0.0374. The van der Waals surface area contributed by atoms with E-state index in [4.69, 9.17) is 15.6 Å². The van der Waals surface area contributed by atoms with Gasteiger partial charge in [0.05, 0.1) is 12.7 Å². The molecule has 0 heterocycles. The Kier molecular flexibility index (Phi) is 8.71. The number of primary amides is 1. The number of amides is 2. The molecule has 0 bridgehead atoms. The second-order valence-corrected chi connectivity index (χ2v) is 5.19. The number of aliphatic hydroxyl groups excluding tert-OH is 2. The van der Waals surface area contributed by atoms with Gasteiger partial charge in [0.2, 0.25) is 11.8 Å². The van der Waals surface area contributed by atoms with Crippen LogP contribution in [0.1, 0.15) is 31.2 Å². The van der Waals surface area contributed by atoms with Crippen LogP contribution >= 0.6 is 0 Å². The van der Waals surface area contributed by atoms with Crippen LogP contribution in [0.3, 0.4) is 0 Å². The molecule has 0 radical (unpaired) electrons. The van der Waals surface area contributed by atoms with Crippen LogP contribution in [-0.4, -0.2) is 41.3 Å². The van der Waals surface area contributed by atoms with Gasteiger partial charge in [0.1, 0.15) is 12.4 Å². The molecule has 128 valence electrons. The summed E-state index contributed by atoms with van der Waals surface area (Å²) in [7, 11) is 0. The highest BCUT2D eigenvalue weighted by atomic mass is 16.5. The van der Waals surface area contributed by atoms with Crippen molar-refractivity contribution in [2.24, 2.45) is 5.73 Å². The number of hydrogen-bond acceptors (Lipinski definition) is 5. The maximum absolute atomic E-state index is 11.7. The average Bonchev–Trinajstić information content (AvgIpc) is 2.55. The minimum absolute atomic E-state index is 0.0386. The fourth-order valence-corrected chi connectivity index (χ4v) is 1.91. The normalized spacial score (nSPS) is 11.7. The monoisotopic (exact) mass is 324 g/mol. The van der Waals surface area contributed by atoms with Crippen molar-refractivity contribution < 1.29 is 24.5 Å². The predicted octanol–water partition coefficient (Wildman–Crippen LogP) is 0.0805. The number of aliphatic hydroxyl groups is 2. The highest BCUT2D eigenvalue weighted by Gasteiger charge is 2.09. The summed E-state index contributed by atoms with van der Waals surface area (Å²) in [5.41, 5.74) is 5.92. The molecule has 0 aliphatic carbocycles. The molecule has 0 aromatic heterocycles. The van der Waals surface area contributed by atoms with Crippen LogP contribution < -0.4 is 15.8 Å². The molecule has 5 N–H and O–H groups in total. The van der Waals surface area contributed by atoms with Crippen molar-refractivity contribution in [1.29, 1.82) is 0 Å². The van der Waals surface area contributed by atoms with Gasteiger partial charge in [0.25, 0.3) is 0 Å². The van der Waals surface area contributed by atoms with Crippen LogP contribution in [0.4, 0.5) is 0 Å². The summed E-state index contributed by atoms with van der Waals surface area (Å²) in [6, 6.07) is 7.19. The Hall–Kier alpha value is -2.12. The molecule has 0 aliphatic heterocycles. The third-order valence-electron chi connectivity index (χ3n) is 3.20. The van der Waals surface area contributed by atoms with E-state index in [0.717, 1.165) is 5.56 Å². The lowest BCUT2D eigenvalue weighted by Gasteiger charge is -2.10. The molecule has 0 saturated heterocycles. The van der Waals surface area contributed by atoms with Crippen LogP contribution in [0.2, 0.25) is 0 Å². The van der Waals surface area contributed by atoms with E-state index < -0.39 is 12.0 Å². The molecule has 0 spiro atoms. The van der Waals surface area contributed by atoms with Crippen molar-refractivity contribution in [1.82, 2.24) is 5.32 Å². The number of nitrogens with one attached hydrogen (secondary N) is 1. The van der Waals surface area contributed by atoms with Crippen molar-refractivity contribution in [2.45, 2.75) is 38.3 Å². The SMILES string of the molecule is NC(=O)CCC(O)CCC(=O)NCc1ccc(OCCO)cc1. The molecule has 0 saturated carbocycles. The van der Waals surface area contributed by atoms with Gasteiger partial charge in [0, 0.05) is 19.4 Å². The van der Waals surface area contributed by atoms with Gasteiger partial charge in [-0.2, -0.15) is 0 Å². The second-order valence-electron chi connectivity index (χ2n) is 5.19. The largest absolute Gasteiger partial charge is 0.491 e. The van der Waals surface area contributed by atoms with Crippen LogP contribution in [0, 0.1) is 0 Å².